The van der Waals surface area contributed by atoms with E-state index in [9.17, 15) is 4.79 Å². The highest BCUT2D eigenvalue weighted by molar-refractivity contribution is 7.99. The first kappa shape index (κ1) is 19.7. The monoisotopic (exact) mass is 406 g/mol. The molecule has 1 aliphatic rings. The molecule has 1 amide bonds. The standard InChI is InChI=1S/C23H26N4OS/c1-17-10-8-9-15-20(17)24-21(28)16-29-23-26-25-22(18-11-4-2-5-12-18)27(23)19-13-6-3-7-14-19/h3,6-10,13-15,18H,2,4-5,11-12,16H2,1H3,(H,24,28). The van der Waals surface area contributed by atoms with E-state index >= 15 is 0 Å². The number of thioether (sulfide) groups is 1. The number of rotatable bonds is 6. The maximum absolute atomic E-state index is 12.5. The highest BCUT2D eigenvalue weighted by atomic mass is 32.2. The summed E-state index contributed by atoms with van der Waals surface area (Å²) in [5.74, 6) is 1.72. The van der Waals surface area contributed by atoms with Crippen LogP contribution in [0.3, 0.4) is 0 Å². The number of hydrogen-bond donors (Lipinski definition) is 1. The van der Waals surface area contributed by atoms with Crippen LogP contribution in [0, 0.1) is 6.92 Å². The largest absolute Gasteiger partial charge is 0.325 e. The Labute approximate surface area is 175 Å². The summed E-state index contributed by atoms with van der Waals surface area (Å²) in [6, 6.07) is 18.0. The molecule has 1 N–H and O–H groups in total. The normalized spacial score (nSPS) is 14.7. The molecule has 4 rings (SSSR count). The summed E-state index contributed by atoms with van der Waals surface area (Å²) in [6.45, 7) is 1.99. The molecule has 1 aromatic heterocycles. The molecule has 0 bridgehead atoms. The Balaban J connectivity index is 1.53. The molecule has 0 aliphatic heterocycles. The molecule has 0 saturated heterocycles. The van der Waals surface area contributed by atoms with Crippen molar-refractivity contribution in [3.8, 4) is 5.69 Å². The predicted octanol–water partition coefficient (Wildman–Crippen LogP) is 5.35. The Kier molecular flexibility index (Phi) is 6.30. The number of benzene rings is 2. The van der Waals surface area contributed by atoms with E-state index in [0.717, 1.165) is 40.8 Å². The van der Waals surface area contributed by atoms with Crippen molar-refractivity contribution >= 4 is 23.4 Å². The van der Waals surface area contributed by atoms with Crippen LogP contribution < -0.4 is 5.32 Å². The van der Waals surface area contributed by atoms with E-state index in [1.807, 2.05) is 49.4 Å². The van der Waals surface area contributed by atoms with Crippen LogP contribution in [-0.2, 0) is 4.79 Å². The number of para-hydroxylation sites is 2. The van der Waals surface area contributed by atoms with Crippen LogP contribution in [0.2, 0.25) is 0 Å². The minimum Gasteiger partial charge on any atom is -0.325 e. The van der Waals surface area contributed by atoms with Crippen LogP contribution in [0.4, 0.5) is 5.69 Å². The number of aromatic nitrogens is 3. The Morgan fingerprint density at radius 3 is 2.52 bits per heavy atom. The van der Waals surface area contributed by atoms with Gasteiger partial charge in [0, 0.05) is 17.3 Å². The van der Waals surface area contributed by atoms with E-state index in [1.54, 1.807) is 0 Å². The molecule has 0 unspecified atom stereocenters. The highest BCUT2D eigenvalue weighted by Gasteiger charge is 2.24. The minimum absolute atomic E-state index is 0.0360. The average Bonchev–Trinajstić information content (AvgIpc) is 3.19. The molecule has 29 heavy (non-hydrogen) atoms. The van der Waals surface area contributed by atoms with Gasteiger partial charge in [0.1, 0.15) is 5.82 Å². The summed E-state index contributed by atoms with van der Waals surface area (Å²) in [4.78, 5) is 12.5. The maximum Gasteiger partial charge on any atom is 0.234 e. The molecule has 0 atom stereocenters. The Hall–Kier alpha value is -2.60. The van der Waals surface area contributed by atoms with Crippen LogP contribution in [0.1, 0.15) is 49.4 Å². The van der Waals surface area contributed by atoms with Crippen molar-refractivity contribution in [2.75, 3.05) is 11.1 Å². The summed E-state index contributed by atoms with van der Waals surface area (Å²) in [6.07, 6.45) is 6.10. The number of nitrogens with zero attached hydrogens (tertiary/aromatic N) is 3. The van der Waals surface area contributed by atoms with Crippen LogP contribution in [0.5, 0.6) is 0 Å². The van der Waals surface area contributed by atoms with Gasteiger partial charge in [0.2, 0.25) is 5.91 Å². The number of hydrogen-bond acceptors (Lipinski definition) is 4. The summed E-state index contributed by atoms with van der Waals surface area (Å²) >= 11 is 1.44. The van der Waals surface area contributed by atoms with Crippen LogP contribution in [0.15, 0.2) is 59.8 Å². The van der Waals surface area contributed by atoms with E-state index in [0.29, 0.717) is 11.7 Å². The quantitative estimate of drug-likeness (QED) is 0.560. The van der Waals surface area contributed by atoms with Crippen molar-refractivity contribution in [2.24, 2.45) is 0 Å². The van der Waals surface area contributed by atoms with Crippen LogP contribution in [0.25, 0.3) is 5.69 Å². The Morgan fingerprint density at radius 2 is 1.76 bits per heavy atom. The minimum atomic E-state index is -0.0360. The third-order valence-electron chi connectivity index (χ3n) is 5.39. The van der Waals surface area contributed by atoms with Gasteiger partial charge in [-0.25, -0.2) is 0 Å². The maximum atomic E-state index is 12.5. The lowest BCUT2D eigenvalue weighted by molar-refractivity contribution is -0.113. The molecule has 1 heterocycles. The lowest BCUT2D eigenvalue weighted by atomic mass is 9.88. The third kappa shape index (κ3) is 4.70. The van der Waals surface area contributed by atoms with E-state index in [1.165, 1.54) is 31.0 Å². The highest BCUT2D eigenvalue weighted by Crippen LogP contribution is 2.34. The molecule has 3 aromatic rings. The molecule has 1 saturated carbocycles. The lowest BCUT2D eigenvalue weighted by Gasteiger charge is -2.22. The van der Waals surface area contributed by atoms with Gasteiger partial charge in [-0.15, -0.1) is 10.2 Å². The fraction of sp³-hybridized carbons (Fsp3) is 0.348. The lowest BCUT2D eigenvalue weighted by Crippen LogP contribution is -2.16. The zero-order chi connectivity index (χ0) is 20.1. The molecular formula is C23H26N4OS. The molecule has 0 spiro atoms. The third-order valence-corrected chi connectivity index (χ3v) is 6.32. The van der Waals surface area contributed by atoms with Gasteiger partial charge < -0.3 is 5.32 Å². The second-order valence-electron chi connectivity index (χ2n) is 7.50. The fourth-order valence-electron chi connectivity index (χ4n) is 3.85. The van der Waals surface area contributed by atoms with E-state index in [2.05, 4.69) is 32.2 Å². The molecule has 6 heteroatoms. The summed E-state index contributed by atoms with van der Waals surface area (Å²) in [5, 5.41) is 12.8. The zero-order valence-electron chi connectivity index (χ0n) is 16.7. The zero-order valence-corrected chi connectivity index (χ0v) is 17.5. The molecular weight excluding hydrogens is 380 g/mol. The number of anilines is 1. The topological polar surface area (TPSA) is 59.8 Å². The second kappa shape index (κ2) is 9.27. The number of amides is 1. The van der Waals surface area contributed by atoms with Gasteiger partial charge in [0.25, 0.3) is 0 Å². The van der Waals surface area contributed by atoms with Crippen molar-refractivity contribution in [1.29, 1.82) is 0 Å². The van der Waals surface area contributed by atoms with Crippen molar-refractivity contribution in [1.82, 2.24) is 14.8 Å². The Morgan fingerprint density at radius 1 is 1.03 bits per heavy atom. The molecule has 0 radical (unpaired) electrons. The van der Waals surface area contributed by atoms with Gasteiger partial charge in [-0.3, -0.25) is 9.36 Å². The number of aryl methyl sites for hydroxylation is 1. The van der Waals surface area contributed by atoms with Crippen molar-refractivity contribution in [3.63, 3.8) is 0 Å². The van der Waals surface area contributed by atoms with Crippen molar-refractivity contribution in [2.45, 2.75) is 50.1 Å². The molecule has 1 fully saturated rings. The van der Waals surface area contributed by atoms with Crippen LogP contribution in [-0.4, -0.2) is 26.4 Å². The Bertz CT molecular complexity index is 964. The number of carbonyl (C=O) groups is 1. The van der Waals surface area contributed by atoms with Gasteiger partial charge in [-0.05, 0) is 43.5 Å². The summed E-state index contributed by atoms with van der Waals surface area (Å²) in [5.41, 5.74) is 2.96. The first-order valence-corrected chi connectivity index (χ1v) is 11.2. The summed E-state index contributed by atoms with van der Waals surface area (Å²) < 4.78 is 2.14. The second-order valence-corrected chi connectivity index (χ2v) is 8.44. The molecule has 150 valence electrons. The van der Waals surface area contributed by atoms with E-state index in [-0.39, 0.29) is 5.91 Å². The van der Waals surface area contributed by atoms with E-state index in [4.69, 9.17) is 0 Å². The smallest absolute Gasteiger partial charge is 0.234 e. The SMILES string of the molecule is Cc1ccccc1NC(=O)CSc1nnc(C2CCCCC2)n1-c1ccccc1. The fourth-order valence-corrected chi connectivity index (χ4v) is 4.61. The van der Waals surface area contributed by atoms with Gasteiger partial charge in [0.05, 0.1) is 5.75 Å². The van der Waals surface area contributed by atoms with Gasteiger partial charge in [-0.2, -0.15) is 0 Å². The first-order valence-electron chi connectivity index (χ1n) is 10.2. The van der Waals surface area contributed by atoms with Gasteiger partial charge in [0.15, 0.2) is 5.16 Å². The first-order chi connectivity index (χ1) is 14.2. The van der Waals surface area contributed by atoms with Gasteiger partial charge in [-0.1, -0.05) is 67.4 Å². The molecule has 2 aromatic carbocycles. The van der Waals surface area contributed by atoms with E-state index < -0.39 is 0 Å². The van der Waals surface area contributed by atoms with Crippen molar-refractivity contribution in [3.05, 3.63) is 66.0 Å². The molecule has 5 nitrogen and oxygen atoms in total. The number of carbonyl (C=O) groups excluding carboxylic acids is 1. The van der Waals surface area contributed by atoms with Gasteiger partial charge >= 0.3 is 0 Å². The number of nitrogens with one attached hydrogen (secondary N) is 1. The molecule has 1 aliphatic carbocycles. The van der Waals surface area contributed by atoms with Crippen molar-refractivity contribution < 1.29 is 4.79 Å². The average molecular weight is 407 g/mol. The summed E-state index contributed by atoms with van der Waals surface area (Å²) in [7, 11) is 0. The predicted molar refractivity (Wildman–Crippen MR) is 118 cm³/mol. The van der Waals surface area contributed by atoms with Crippen LogP contribution >= 0.6 is 11.8 Å².